The molecule has 6 nitrogen and oxygen atoms in total. The van der Waals surface area contributed by atoms with Crippen molar-refractivity contribution in [3.63, 3.8) is 0 Å². The van der Waals surface area contributed by atoms with Gasteiger partial charge in [-0.05, 0) is 6.07 Å². The average Bonchev–Trinajstić information content (AvgIpc) is 2.41. The van der Waals surface area contributed by atoms with E-state index in [2.05, 4.69) is 0 Å². The zero-order chi connectivity index (χ0) is 14.9. The fraction of sp³-hybridized carbons (Fsp3) is 0.364. The molecule has 0 saturated carbocycles. The molecular weight excluding hydrogens is 311 g/mol. The minimum absolute atomic E-state index is 0.0362. The maximum absolute atomic E-state index is 13.4. The molecular formula is C11H10ClFN2O4S. The number of rotatable bonds is 3. The number of nitro benzene ring substituents is 1. The second-order valence-corrected chi connectivity index (χ2v) is 5.69. The van der Waals surface area contributed by atoms with Crippen LogP contribution in [0.1, 0.15) is 0 Å². The predicted octanol–water partition coefficient (Wildman–Crippen LogP) is 2.39. The smallest absolute Gasteiger partial charge is 0.327 e. The molecule has 1 unspecified atom stereocenters. The van der Waals surface area contributed by atoms with Gasteiger partial charge in [0.1, 0.15) is 17.5 Å². The number of benzene rings is 1. The molecule has 108 valence electrons. The Morgan fingerprint density at radius 3 is 2.90 bits per heavy atom. The van der Waals surface area contributed by atoms with Crippen molar-refractivity contribution in [1.82, 2.24) is 0 Å². The van der Waals surface area contributed by atoms with Crippen molar-refractivity contribution in [1.29, 1.82) is 0 Å². The lowest BCUT2D eigenvalue weighted by Gasteiger charge is -2.34. The van der Waals surface area contributed by atoms with E-state index < -0.39 is 28.4 Å². The van der Waals surface area contributed by atoms with E-state index in [-0.39, 0.29) is 10.7 Å². The first kappa shape index (κ1) is 14.9. The molecule has 0 aromatic heterocycles. The lowest BCUT2D eigenvalue weighted by Crippen LogP contribution is -2.47. The first-order chi connectivity index (χ1) is 9.41. The maximum atomic E-state index is 13.4. The molecule has 20 heavy (non-hydrogen) atoms. The van der Waals surface area contributed by atoms with Gasteiger partial charge in [-0.1, -0.05) is 11.6 Å². The number of thioether (sulfide) groups is 1. The molecule has 1 aromatic rings. The van der Waals surface area contributed by atoms with Crippen LogP contribution in [-0.2, 0) is 4.79 Å². The fourth-order valence-corrected chi connectivity index (χ4v) is 3.19. The third-order valence-corrected chi connectivity index (χ3v) is 4.25. The van der Waals surface area contributed by atoms with E-state index in [1.54, 1.807) is 0 Å². The van der Waals surface area contributed by atoms with Crippen molar-refractivity contribution in [2.24, 2.45) is 0 Å². The van der Waals surface area contributed by atoms with Crippen molar-refractivity contribution in [3.8, 4) is 0 Å². The lowest BCUT2D eigenvalue weighted by atomic mass is 10.2. The summed E-state index contributed by atoms with van der Waals surface area (Å²) in [5, 5.41) is 19.9. The third-order valence-electron chi connectivity index (χ3n) is 2.94. The summed E-state index contributed by atoms with van der Waals surface area (Å²) in [6, 6.07) is 0.938. The van der Waals surface area contributed by atoms with Crippen LogP contribution in [0.25, 0.3) is 0 Å². The Kier molecular flexibility index (Phi) is 4.34. The summed E-state index contributed by atoms with van der Waals surface area (Å²) < 4.78 is 13.4. The number of carboxylic acid groups (broad SMARTS) is 1. The Morgan fingerprint density at radius 2 is 2.30 bits per heavy atom. The third kappa shape index (κ3) is 2.80. The van der Waals surface area contributed by atoms with Gasteiger partial charge < -0.3 is 10.0 Å². The summed E-state index contributed by atoms with van der Waals surface area (Å²) in [5.41, 5.74) is -0.445. The van der Waals surface area contributed by atoms with Crippen molar-refractivity contribution in [3.05, 3.63) is 33.1 Å². The van der Waals surface area contributed by atoms with Gasteiger partial charge in [-0.15, -0.1) is 0 Å². The Labute approximate surface area is 122 Å². The number of carbonyl (C=O) groups is 1. The summed E-state index contributed by atoms with van der Waals surface area (Å²) in [7, 11) is 0. The zero-order valence-corrected chi connectivity index (χ0v) is 11.7. The molecule has 0 spiro atoms. The summed E-state index contributed by atoms with van der Waals surface area (Å²) in [5.74, 6) is -1.04. The van der Waals surface area contributed by atoms with E-state index in [0.717, 1.165) is 12.1 Å². The van der Waals surface area contributed by atoms with Crippen LogP contribution in [0.2, 0.25) is 5.02 Å². The van der Waals surface area contributed by atoms with E-state index >= 15 is 0 Å². The van der Waals surface area contributed by atoms with Crippen LogP contribution in [0.5, 0.6) is 0 Å². The molecule has 1 aromatic carbocycles. The highest BCUT2D eigenvalue weighted by atomic mass is 35.5. The molecule has 2 rings (SSSR count). The van der Waals surface area contributed by atoms with Gasteiger partial charge in [0.2, 0.25) is 0 Å². The number of carboxylic acids is 1. The van der Waals surface area contributed by atoms with Crippen molar-refractivity contribution in [2.75, 3.05) is 23.0 Å². The molecule has 1 aliphatic heterocycles. The SMILES string of the molecule is O=C(O)C1CSCCN1c1cc(Cl)c(F)cc1[N+](=O)[O-]. The minimum Gasteiger partial charge on any atom is -0.480 e. The van der Waals surface area contributed by atoms with Gasteiger partial charge in [0.15, 0.2) is 0 Å². The number of halogens is 2. The maximum Gasteiger partial charge on any atom is 0.327 e. The van der Waals surface area contributed by atoms with E-state index in [9.17, 15) is 24.4 Å². The fourth-order valence-electron chi connectivity index (χ4n) is 2.00. The summed E-state index contributed by atoms with van der Waals surface area (Å²) in [6.07, 6.45) is 0. The van der Waals surface area contributed by atoms with Crippen molar-refractivity contribution in [2.45, 2.75) is 6.04 Å². The average molecular weight is 321 g/mol. The standard InChI is InChI=1S/C11H10ClFN2O4S/c12-6-3-8(9(15(18)19)4-7(6)13)14-1-2-20-5-10(14)11(16)17/h3-4,10H,1-2,5H2,(H,16,17). The molecule has 1 saturated heterocycles. The van der Waals surface area contributed by atoms with Gasteiger partial charge in [0.25, 0.3) is 5.69 Å². The van der Waals surface area contributed by atoms with Gasteiger partial charge >= 0.3 is 5.97 Å². The predicted molar refractivity (Wildman–Crippen MR) is 74.2 cm³/mol. The molecule has 1 aliphatic rings. The molecule has 1 N–H and O–H groups in total. The Bertz CT molecular complexity index is 572. The molecule has 1 atom stereocenters. The topological polar surface area (TPSA) is 83.7 Å². The van der Waals surface area contributed by atoms with Gasteiger partial charge in [-0.2, -0.15) is 11.8 Å². The van der Waals surface area contributed by atoms with Crippen LogP contribution in [-0.4, -0.2) is 40.1 Å². The summed E-state index contributed by atoms with van der Waals surface area (Å²) in [6.45, 7) is 0.324. The first-order valence-corrected chi connectivity index (χ1v) is 7.15. The quantitative estimate of drug-likeness (QED) is 0.680. The highest BCUT2D eigenvalue weighted by Gasteiger charge is 2.33. The van der Waals surface area contributed by atoms with Gasteiger partial charge in [0.05, 0.1) is 16.0 Å². The van der Waals surface area contributed by atoms with Crippen LogP contribution in [0.3, 0.4) is 0 Å². The number of hydrogen-bond donors (Lipinski definition) is 1. The second kappa shape index (κ2) is 5.84. The monoisotopic (exact) mass is 320 g/mol. The van der Waals surface area contributed by atoms with Crippen LogP contribution >= 0.6 is 23.4 Å². The van der Waals surface area contributed by atoms with Gasteiger partial charge in [-0.25, -0.2) is 9.18 Å². The van der Waals surface area contributed by atoms with Crippen LogP contribution in [0, 0.1) is 15.9 Å². The van der Waals surface area contributed by atoms with Gasteiger partial charge in [-0.3, -0.25) is 10.1 Å². The zero-order valence-electron chi connectivity index (χ0n) is 10.1. The molecule has 9 heteroatoms. The first-order valence-electron chi connectivity index (χ1n) is 5.62. The van der Waals surface area contributed by atoms with Crippen molar-refractivity contribution >= 4 is 40.7 Å². The van der Waals surface area contributed by atoms with Gasteiger partial charge in [0, 0.05) is 18.1 Å². The van der Waals surface area contributed by atoms with E-state index in [0.29, 0.717) is 18.1 Å². The number of aliphatic carboxylic acids is 1. The molecule has 1 heterocycles. The molecule has 0 radical (unpaired) electrons. The lowest BCUT2D eigenvalue weighted by molar-refractivity contribution is -0.384. The largest absolute Gasteiger partial charge is 0.480 e. The highest BCUT2D eigenvalue weighted by molar-refractivity contribution is 7.99. The Hall–Kier alpha value is -1.54. The van der Waals surface area contributed by atoms with Crippen molar-refractivity contribution < 1.29 is 19.2 Å². The molecule has 0 amide bonds. The summed E-state index contributed by atoms with van der Waals surface area (Å²) >= 11 is 7.11. The number of nitro groups is 1. The van der Waals surface area contributed by atoms with Crippen LogP contribution < -0.4 is 4.90 Å². The van der Waals surface area contributed by atoms with E-state index in [1.165, 1.54) is 16.7 Å². The molecule has 1 fully saturated rings. The molecule has 0 aliphatic carbocycles. The van der Waals surface area contributed by atoms with Crippen LogP contribution in [0.15, 0.2) is 12.1 Å². The summed E-state index contributed by atoms with van der Waals surface area (Å²) in [4.78, 5) is 22.9. The van der Waals surface area contributed by atoms with E-state index in [4.69, 9.17) is 11.6 Å². The second-order valence-electron chi connectivity index (χ2n) is 4.13. The van der Waals surface area contributed by atoms with Crippen LogP contribution in [0.4, 0.5) is 15.8 Å². The molecule has 0 bridgehead atoms. The van der Waals surface area contributed by atoms with E-state index in [1.807, 2.05) is 0 Å². The number of hydrogen-bond acceptors (Lipinski definition) is 5. The highest BCUT2D eigenvalue weighted by Crippen LogP contribution is 2.36. The number of anilines is 1. The normalized spacial score (nSPS) is 18.9. The minimum atomic E-state index is -1.08. The Balaban J connectivity index is 2.51. The Morgan fingerprint density at radius 1 is 1.60 bits per heavy atom. The number of nitrogens with zero attached hydrogens (tertiary/aromatic N) is 2.